The summed E-state index contributed by atoms with van der Waals surface area (Å²) in [6.07, 6.45) is -6.86. The number of nitrogens with one attached hydrogen (secondary N) is 1. The van der Waals surface area contributed by atoms with E-state index in [9.17, 15) is 13.2 Å². The Morgan fingerprint density at radius 3 is 2.67 bits per heavy atom. The van der Waals surface area contributed by atoms with Gasteiger partial charge in [0.15, 0.2) is 6.10 Å². The van der Waals surface area contributed by atoms with Crippen LogP contribution in [0.3, 0.4) is 0 Å². The molecule has 2 N–H and O–H groups in total. The molecule has 1 aromatic rings. The van der Waals surface area contributed by atoms with Gasteiger partial charge in [-0.3, -0.25) is 0 Å². The molecule has 1 heterocycles. The lowest BCUT2D eigenvalue weighted by atomic mass is 10.3. The van der Waals surface area contributed by atoms with E-state index >= 15 is 0 Å². The zero-order valence-electron chi connectivity index (χ0n) is 7.51. The largest absolute Gasteiger partial charge is 0.415 e. The second-order valence-corrected chi connectivity index (χ2v) is 4.83. The van der Waals surface area contributed by atoms with Crippen molar-refractivity contribution in [2.24, 2.45) is 0 Å². The Hall–Kier alpha value is -0.110. The summed E-state index contributed by atoms with van der Waals surface area (Å²) < 4.78 is 36.6. The highest BCUT2D eigenvalue weighted by molar-refractivity contribution is 9.10. The van der Waals surface area contributed by atoms with Crippen molar-refractivity contribution in [2.75, 3.05) is 6.54 Å². The van der Waals surface area contributed by atoms with Gasteiger partial charge in [0, 0.05) is 27.8 Å². The quantitative estimate of drug-likeness (QED) is 0.896. The minimum Gasteiger partial charge on any atom is -0.382 e. The van der Waals surface area contributed by atoms with Crippen molar-refractivity contribution in [2.45, 2.75) is 18.8 Å². The number of thiophene rings is 1. The predicted molar refractivity (Wildman–Crippen MR) is 55.8 cm³/mol. The van der Waals surface area contributed by atoms with Gasteiger partial charge in [-0.15, -0.1) is 11.3 Å². The van der Waals surface area contributed by atoms with E-state index in [2.05, 4.69) is 21.2 Å². The lowest BCUT2D eigenvalue weighted by molar-refractivity contribution is -0.201. The van der Waals surface area contributed by atoms with Crippen LogP contribution >= 0.6 is 27.3 Å². The van der Waals surface area contributed by atoms with Gasteiger partial charge in [-0.1, -0.05) is 0 Å². The number of halogens is 4. The summed E-state index contributed by atoms with van der Waals surface area (Å²) in [5, 5.41) is 13.1. The first kappa shape index (κ1) is 13.0. The molecule has 0 amide bonds. The van der Waals surface area contributed by atoms with Gasteiger partial charge in [0.25, 0.3) is 0 Å². The standard InChI is InChI=1S/C8H9BrF3NOS/c9-5-1-6(15-4-5)2-13-3-7(14)8(10,11)12/h1,4,7,13-14H,2-3H2. The summed E-state index contributed by atoms with van der Waals surface area (Å²) in [5.41, 5.74) is 0. The molecule has 1 aromatic heterocycles. The van der Waals surface area contributed by atoms with Crippen LogP contribution in [0.4, 0.5) is 13.2 Å². The Labute approximate surface area is 97.2 Å². The number of aliphatic hydroxyl groups is 1. The first-order valence-electron chi connectivity index (χ1n) is 4.08. The van der Waals surface area contributed by atoms with Crippen LogP contribution in [-0.4, -0.2) is 23.9 Å². The van der Waals surface area contributed by atoms with E-state index in [0.29, 0.717) is 6.54 Å². The zero-order chi connectivity index (χ0) is 11.5. The van der Waals surface area contributed by atoms with Crippen LogP contribution in [-0.2, 0) is 6.54 Å². The molecule has 15 heavy (non-hydrogen) atoms. The molecule has 1 unspecified atom stereocenters. The molecule has 0 saturated heterocycles. The Morgan fingerprint density at radius 2 is 2.20 bits per heavy atom. The van der Waals surface area contributed by atoms with E-state index in [1.54, 1.807) is 0 Å². The fourth-order valence-corrected chi connectivity index (χ4v) is 2.31. The van der Waals surface area contributed by atoms with Crippen molar-refractivity contribution in [1.29, 1.82) is 0 Å². The molecule has 1 rings (SSSR count). The Bertz CT molecular complexity index is 315. The SMILES string of the molecule is OC(CNCc1cc(Br)cs1)C(F)(F)F. The molecule has 2 nitrogen and oxygen atoms in total. The van der Waals surface area contributed by atoms with Gasteiger partial charge in [-0.05, 0) is 22.0 Å². The molecule has 0 aliphatic carbocycles. The highest BCUT2D eigenvalue weighted by Gasteiger charge is 2.37. The van der Waals surface area contributed by atoms with Gasteiger partial charge in [0.1, 0.15) is 0 Å². The third-order valence-corrected chi connectivity index (χ3v) is 3.33. The molecule has 0 aliphatic heterocycles. The fraction of sp³-hybridized carbons (Fsp3) is 0.500. The van der Waals surface area contributed by atoms with E-state index in [-0.39, 0.29) is 0 Å². The van der Waals surface area contributed by atoms with Crippen LogP contribution in [0.2, 0.25) is 0 Å². The van der Waals surface area contributed by atoms with Crippen LogP contribution in [0, 0.1) is 0 Å². The first-order valence-corrected chi connectivity index (χ1v) is 5.75. The van der Waals surface area contributed by atoms with E-state index < -0.39 is 18.8 Å². The van der Waals surface area contributed by atoms with E-state index in [1.807, 2.05) is 11.4 Å². The lowest BCUT2D eigenvalue weighted by Crippen LogP contribution is -2.38. The molecule has 86 valence electrons. The van der Waals surface area contributed by atoms with E-state index in [0.717, 1.165) is 9.35 Å². The van der Waals surface area contributed by atoms with Crippen molar-refractivity contribution in [1.82, 2.24) is 5.32 Å². The van der Waals surface area contributed by atoms with Crippen molar-refractivity contribution >= 4 is 27.3 Å². The summed E-state index contributed by atoms with van der Waals surface area (Å²) in [6, 6.07) is 1.82. The van der Waals surface area contributed by atoms with Gasteiger partial charge < -0.3 is 10.4 Å². The topological polar surface area (TPSA) is 32.3 Å². The molecule has 0 bridgehead atoms. The Balaban J connectivity index is 2.28. The average Bonchev–Trinajstić information content (AvgIpc) is 2.49. The van der Waals surface area contributed by atoms with Crippen molar-refractivity contribution in [3.05, 3.63) is 20.8 Å². The van der Waals surface area contributed by atoms with Gasteiger partial charge in [0.2, 0.25) is 0 Å². The van der Waals surface area contributed by atoms with Gasteiger partial charge in [-0.25, -0.2) is 0 Å². The first-order chi connectivity index (χ1) is 6.89. The summed E-state index contributed by atoms with van der Waals surface area (Å²) in [7, 11) is 0. The number of aliphatic hydroxyl groups excluding tert-OH is 1. The third kappa shape index (κ3) is 4.50. The molecule has 0 aromatic carbocycles. The van der Waals surface area contributed by atoms with E-state index in [4.69, 9.17) is 5.11 Å². The van der Waals surface area contributed by atoms with Crippen LogP contribution in [0.1, 0.15) is 4.88 Å². The van der Waals surface area contributed by atoms with Crippen molar-refractivity contribution < 1.29 is 18.3 Å². The second-order valence-electron chi connectivity index (χ2n) is 2.92. The summed E-state index contributed by atoms with van der Waals surface area (Å²) in [6.45, 7) is -0.164. The summed E-state index contributed by atoms with van der Waals surface area (Å²) in [4.78, 5) is 0.913. The molecular formula is C8H9BrF3NOS. The fourth-order valence-electron chi connectivity index (χ4n) is 0.894. The van der Waals surface area contributed by atoms with Crippen LogP contribution < -0.4 is 5.32 Å². The summed E-state index contributed by atoms with van der Waals surface area (Å²) in [5.74, 6) is 0. The van der Waals surface area contributed by atoms with Crippen LogP contribution in [0.15, 0.2) is 15.9 Å². The number of rotatable bonds is 4. The minimum atomic E-state index is -4.55. The molecule has 0 radical (unpaired) electrons. The minimum absolute atomic E-state index is 0.323. The van der Waals surface area contributed by atoms with Gasteiger partial charge in [-0.2, -0.15) is 13.2 Å². The lowest BCUT2D eigenvalue weighted by Gasteiger charge is -2.14. The molecular weight excluding hydrogens is 295 g/mol. The maximum Gasteiger partial charge on any atom is 0.415 e. The van der Waals surface area contributed by atoms with E-state index in [1.165, 1.54) is 11.3 Å². The monoisotopic (exact) mass is 303 g/mol. The predicted octanol–water partition coefficient (Wildman–Crippen LogP) is 2.52. The maximum atomic E-state index is 11.9. The molecule has 1 atom stereocenters. The highest BCUT2D eigenvalue weighted by atomic mass is 79.9. The highest BCUT2D eigenvalue weighted by Crippen LogP contribution is 2.21. The zero-order valence-corrected chi connectivity index (χ0v) is 9.92. The molecule has 0 aliphatic rings. The Kier molecular flexibility index (Phi) is 4.57. The number of hydrogen-bond donors (Lipinski definition) is 2. The average molecular weight is 304 g/mol. The van der Waals surface area contributed by atoms with Crippen molar-refractivity contribution in [3.8, 4) is 0 Å². The summed E-state index contributed by atoms with van der Waals surface area (Å²) >= 11 is 4.67. The van der Waals surface area contributed by atoms with Gasteiger partial charge in [0.05, 0.1) is 0 Å². The van der Waals surface area contributed by atoms with Crippen LogP contribution in [0.25, 0.3) is 0 Å². The molecule has 0 saturated carbocycles. The van der Waals surface area contributed by atoms with Gasteiger partial charge >= 0.3 is 6.18 Å². The van der Waals surface area contributed by atoms with Crippen LogP contribution in [0.5, 0.6) is 0 Å². The molecule has 7 heteroatoms. The smallest absolute Gasteiger partial charge is 0.382 e. The molecule has 0 fully saturated rings. The molecule has 0 spiro atoms. The second kappa shape index (κ2) is 5.29. The number of alkyl halides is 3. The third-order valence-electron chi connectivity index (χ3n) is 1.64. The number of hydrogen-bond acceptors (Lipinski definition) is 3. The Morgan fingerprint density at radius 1 is 1.53 bits per heavy atom. The normalized spacial score (nSPS) is 14.2. The maximum absolute atomic E-state index is 11.9. The van der Waals surface area contributed by atoms with Crippen molar-refractivity contribution in [3.63, 3.8) is 0 Å².